The van der Waals surface area contributed by atoms with Gasteiger partial charge in [0.15, 0.2) is 0 Å². The maximum atomic E-state index is 13.1. The number of benzene rings is 1. The van der Waals surface area contributed by atoms with Gasteiger partial charge in [0.2, 0.25) is 0 Å². The Morgan fingerprint density at radius 3 is 2.41 bits per heavy atom. The number of carbonyl (C=O) groups is 1. The summed E-state index contributed by atoms with van der Waals surface area (Å²) in [5.41, 5.74) is 2.57. The van der Waals surface area contributed by atoms with Gasteiger partial charge in [0.05, 0.1) is 11.4 Å². The summed E-state index contributed by atoms with van der Waals surface area (Å²) in [7, 11) is 0. The quantitative estimate of drug-likeness (QED) is 0.926. The van der Waals surface area contributed by atoms with E-state index in [9.17, 15) is 9.18 Å². The van der Waals surface area contributed by atoms with Crippen molar-refractivity contribution in [1.82, 2.24) is 9.88 Å². The number of rotatable bonds is 2. The molecule has 0 saturated carbocycles. The van der Waals surface area contributed by atoms with Crippen molar-refractivity contribution in [2.75, 3.05) is 31.1 Å². The zero-order valence-electron chi connectivity index (χ0n) is 11.9. The van der Waals surface area contributed by atoms with Gasteiger partial charge in [-0.25, -0.2) is 9.18 Å². The van der Waals surface area contributed by atoms with Crippen molar-refractivity contribution in [3.8, 4) is 11.3 Å². The summed E-state index contributed by atoms with van der Waals surface area (Å²) in [4.78, 5) is 18.9. The Morgan fingerprint density at radius 1 is 1.09 bits per heavy atom. The minimum Gasteiger partial charge on any atom is -0.465 e. The molecule has 1 aliphatic rings. The van der Waals surface area contributed by atoms with Gasteiger partial charge in [-0.3, -0.25) is 4.98 Å². The van der Waals surface area contributed by atoms with Crippen LogP contribution in [0.5, 0.6) is 0 Å². The molecule has 22 heavy (non-hydrogen) atoms. The summed E-state index contributed by atoms with van der Waals surface area (Å²) in [6, 6.07) is 10.0. The van der Waals surface area contributed by atoms with Crippen LogP contribution in [-0.2, 0) is 0 Å². The number of pyridine rings is 1. The fourth-order valence-electron chi connectivity index (χ4n) is 2.62. The normalized spacial score (nSPS) is 15.0. The highest BCUT2D eigenvalue weighted by molar-refractivity contribution is 5.75. The van der Waals surface area contributed by atoms with Crippen molar-refractivity contribution in [2.45, 2.75) is 0 Å². The van der Waals surface area contributed by atoms with E-state index in [2.05, 4.69) is 9.88 Å². The zero-order valence-corrected chi connectivity index (χ0v) is 11.9. The van der Waals surface area contributed by atoms with E-state index in [0.29, 0.717) is 26.2 Å². The first-order valence-electron chi connectivity index (χ1n) is 7.09. The number of anilines is 1. The Bertz CT molecular complexity index is 667. The van der Waals surface area contributed by atoms with Gasteiger partial charge < -0.3 is 14.9 Å². The molecular formula is C16H16FN3O2. The van der Waals surface area contributed by atoms with Crippen molar-refractivity contribution in [1.29, 1.82) is 0 Å². The first-order chi connectivity index (χ1) is 10.6. The third-order valence-electron chi connectivity index (χ3n) is 3.79. The highest BCUT2D eigenvalue weighted by atomic mass is 19.1. The number of amides is 1. The number of piperazine rings is 1. The molecule has 1 fully saturated rings. The number of halogens is 1. The fourth-order valence-corrected chi connectivity index (χ4v) is 2.62. The number of nitrogens with zero attached hydrogens (tertiary/aromatic N) is 3. The second-order valence-corrected chi connectivity index (χ2v) is 5.13. The molecule has 0 spiro atoms. The van der Waals surface area contributed by atoms with Gasteiger partial charge in [0.25, 0.3) is 0 Å². The first kappa shape index (κ1) is 14.3. The first-order valence-corrected chi connectivity index (χ1v) is 7.09. The van der Waals surface area contributed by atoms with E-state index < -0.39 is 6.09 Å². The number of hydrogen-bond acceptors (Lipinski definition) is 3. The van der Waals surface area contributed by atoms with Crippen molar-refractivity contribution in [2.24, 2.45) is 0 Å². The van der Waals surface area contributed by atoms with E-state index in [1.165, 1.54) is 17.0 Å². The minimum absolute atomic E-state index is 0.281. The second kappa shape index (κ2) is 6.01. The van der Waals surface area contributed by atoms with E-state index in [0.717, 1.165) is 16.9 Å². The van der Waals surface area contributed by atoms with Gasteiger partial charge >= 0.3 is 6.09 Å². The standard InChI is InChI=1S/C16H16FN3O2/c17-13-5-3-12(4-6-13)15-14(2-1-7-18-15)19-8-10-20(11-9-19)16(21)22/h1-7H,8-11H2,(H,21,22). The minimum atomic E-state index is -0.885. The third-order valence-corrected chi connectivity index (χ3v) is 3.79. The zero-order chi connectivity index (χ0) is 15.5. The molecule has 2 heterocycles. The van der Waals surface area contributed by atoms with Crippen LogP contribution in [0.4, 0.5) is 14.9 Å². The molecule has 1 N–H and O–H groups in total. The lowest BCUT2D eigenvalue weighted by Crippen LogP contribution is -2.48. The highest BCUT2D eigenvalue weighted by Gasteiger charge is 2.22. The molecule has 3 rings (SSSR count). The lowest BCUT2D eigenvalue weighted by molar-refractivity contribution is 0.142. The molecule has 6 heteroatoms. The molecule has 114 valence electrons. The largest absolute Gasteiger partial charge is 0.465 e. The third kappa shape index (κ3) is 2.86. The topological polar surface area (TPSA) is 56.7 Å². The average molecular weight is 301 g/mol. The average Bonchev–Trinajstić information content (AvgIpc) is 2.56. The second-order valence-electron chi connectivity index (χ2n) is 5.13. The maximum absolute atomic E-state index is 13.1. The van der Waals surface area contributed by atoms with E-state index in [-0.39, 0.29) is 5.82 Å². The van der Waals surface area contributed by atoms with Crippen molar-refractivity contribution < 1.29 is 14.3 Å². The molecule has 1 aromatic heterocycles. The molecule has 0 radical (unpaired) electrons. The van der Waals surface area contributed by atoms with Gasteiger partial charge in [-0.05, 0) is 36.4 Å². The fraction of sp³-hybridized carbons (Fsp3) is 0.250. The predicted molar refractivity (Wildman–Crippen MR) is 81.4 cm³/mol. The van der Waals surface area contributed by atoms with E-state index >= 15 is 0 Å². The molecule has 1 amide bonds. The predicted octanol–water partition coefficient (Wildman–Crippen LogP) is 2.69. The summed E-state index contributed by atoms with van der Waals surface area (Å²) in [6.45, 7) is 2.17. The molecule has 1 aromatic carbocycles. The smallest absolute Gasteiger partial charge is 0.407 e. The molecule has 0 aliphatic carbocycles. The molecule has 5 nitrogen and oxygen atoms in total. The maximum Gasteiger partial charge on any atom is 0.407 e. The van der Waals surface area contributed by atoms with Crippen LogP contribution >= 0.6 is 0 Å². The van der Waals surface area contributed by atoms with Gasteiger partial charge in [0, 0.05) is 37.9 Å². The van der Waals surface area contributed by atoms with Crippen LogP contribution in [0.3, 0.4) is 0 Å². The van der Waals surface area contributed by atoms with Crippen LogP contribution in [0.1, 0.15) is 0 Å². The van der Waals surface area contributed by atoms with Crippen molar-refractivity contribution in [3.63, 3.8) is 0 Å². The summed E-state index contributed by atoms with van der Waals surface area (Å²) in [5.74, 6) is -0.281. The van der Waals surface area contributed by atoms with Crippen LogP contribution in [0.15, 0.2) is 42.6 Å². The summed E-state index contributed by atoms with van der Waals surface area (Å²) in [6.07, 6.45) is 0.819. The molecule has 0 atom stereocenters. The van der Waals surface area contributed by atoms with Crippen LogP contribution in [0.2, 0.25) is 0 Å². The SMILES string of the molecule is O=C(O)N1CCN(c2cccnc2-c2ccc(F)cc2)CC1. The van der Waals surface area contributed by atoms with Gasteiger partial charge in [-0.1, -0.05) is 0 Å². The van der Waals surface area contributed by atoms with Gasteiger partial charge in [-0.15, -0.1) is 0 Å². The summed E-state index contributed by atoms with van der Waals surface area (Å²) < 4.78 is 13.1. The number of aromatic nitrogens is 1. The van der Waals surface area contributed by atoms with E-state index in [4.69, 9.17) is 5.11 Å². The Hall–Kier alpha value is -2.63. The Balaban J connectivity index is 1.86. The molecule has 1 aliphatic heterocycles. The Labute approximate surface area is 127 Å². The monoisotopic (exact) mass is 301 g/mol. The van der Waals surface area contributed by atoms with Gasteiger partial charge in [0.1, 0.15) is 5.82 Å². The lowest BCUT2D eigenvalue weighted by atomic mass is 10.1. The lowest BCUT2D eigenvalue weighted by Gasteiger charge is -2.35. The molecular weight excluding hydrogens is 285 g/mol. The summed E-state index contributed by atoms with van der Waals surface area (Å²) >= 11 is 0. The molecule has 2 aromatic rings. The van der Waals surface area contributed by atoms with E-state index in [1.54, 1.807) is 18.3 Å². The number of hydrogen-bond donors (Lipinski definition) is 1. The van der Waals surface area contributed by atoms with E-state index in [1.807, 2.05) is 12.1 Å². The Morgan fingerprint density at radius 2 is 1.77 bits per heavy atom. The van der Waals surface area contributed by atoms with Crippen LogP contribution < -0.4 is 4.90 Å². The highest BCUT2D eigenvalue weighted by Crippen LogP contribution is 2.29. The van der Waals surface area contributed by atoms with Crippen LogP contribution in [-0.4, -0.2) is 47.3 Å². The van der Waals surface area contributed by atoms with Crippen molar-refractivity contribution >= 4 is 11.8 Å². The molecule has 1 saturated heterocycles. The van der Waals surface area contributed by atoms with Crippen LogP contribution in [0, 0.1) is 5.82 Å². The molecule has 0 bridgehead atoms. The summed E-state index contributed by atoms with van der Waals surface area (Å²) in [5, 5.41) is 9.01. The Kier molecular flexibility index (Phi) is 3.91. The number of carboxylic acid groups (broad SMARTS) is 1. The molecule has 0 unspecified atom stereocenters. The van der Waals surface area contributed by atoms with Crippen molar-refractivity contribution in [3.05, 3.63) is 48.4 Å². The van der Waals surface area contributed by atoms with Gasteiger partial charge in [-0.2, -0.15) is 0 Å². The van der Waals surface area contributed by atoms with Crippen LogP contribution in [0.25, 0.3) is 11.3 Å².